The number of piperidine rings is 1. The van der Waals surface area contributed by atoms with Crippen molar-refractivity contribution in [1.29, 1.82) is 0 Å². The largest absolute Gasteiger partial charge is 0.416 e. The maximum Gasteiger partial charge on any atom is 0.416 e. The lowest BCUT2D eigenvalue weighted by Crippen LogP contribution is -2.61. The van der Waals surface area contributed by atoms with Gasteiger partial charge in [0.2, 0.25) is 5.91 Å². The Kier molecular flexibility index (Phi) is 4.83. The molecule has 0 aromatic heterocycles. The first-order chi connectivity index (χ1) is 11.4. The highest BCUT2D eigenvalue weighted by atomic mass is 19.4. The first kappa shape index (κ1) is 17.2. The van der Waals surface area contributed by atoms with Gasteiger partial charge < -0.3 is 14.5 Å². The molecule has 1 aromatic rings. The minimum Gasteiger partial charge on any atom is -0.374 e. The van der Waals surface area contributed by atoms with E-state index in [1.807, 2.05) is 7.05 Å². The number of fused-ring (bicyclic) bond motifs is 1. The summed E-state index contributed by atoms with van der Waals surface area (Å²) < 4.78 is 45.1. The minimum atomic E-state index is -4.45. The molecule has 2 atom stereocenters. The van der Waals surface area contributed by atoms with Crippen LogP contribution in [0.5, 0.6) is 0 Å². The van der Waals surface area contributed by atoms with Gasteiger partial charge in [0, 0.05) is 19.6 Å². The zero-order chi connectivity index (χ0) is 17.3. The summed E-state index contributed by atoms with van der Waals surface area (Å²) in [5, 5.41) is 0. The summed E-state index contributed by atoms with van der Waals surface area (Å²) in [6, 6.07) is 5.21. The molecule has 7 heteroatoms. The van der Waals surface area contributed by atoms with Crippen LogP contribution in [0.3, 0.4) is 0 Å². The van der Waals surface area contributed by atoms with Crippen LogP contribution < -0.4 is 0 Å². The summed E-state index contributed by atoms with van der Waals surface area (Å²) in [5.41, 5.74) is -0.703. The van der Waals surface area contributed by atoms with E-state index < -0.39 is 11.7 Å². The number of benzene rings is 1. The number of rotatable bonds is 2. The lowest BCUT2D eigenvalue weighted by atomic mass is 9.97. The molecule has 1 amide bonds. The quantitative estimate of drug-likeness (QED) is 0.826. The number of carbonyl (C=O) groups is 1. The van der Waals surface area contributed by atoms with Gasteiger partial charge in [-0.15, -0.1) is 0 Å². The van der Waals surface area contributed by atoms with Gasteiger partial charge in [-0.25, -0.2) is 0 Å². The maximum absolute atomic E-state index is 13.1. The van der Waals surface area contributed by atoms with E-state index in [1.54, 1.807) is 4.90 Å². The molecule has 4 nitrogen and oxygen atoms in total. The molecule has 0 radical (unpaired) electrons. The Bertz CT molecular complexity index is 606. The summed E-state index contributed by atoms with van der Waals surface area (Å²) in [6.07, 6.45) is -3.86. The highest BCUT2D eigenvalue weighted by Gasteiger charge is 2.39. The lowest BCUT2D eigenvalue weighted by molar-refractivity contribution is -0.151. The van der Waals surface area contributed by atoms with E-state index >= 15 is 0 Å². The van der Waals surface area contributed by atoms with Crippen LogP contribution in [0.15, 0.2) is 24.3 Å². The Labute approximate surface area is 139 Å². The summed E-state index contributed by atoms with van der Waals surface area (Å²) >= 11 is 0. The molecule has 3 rings (SSSR count). The molecule has 2 heterocycles. The predicted octanol–water partition coefficient (Wildman–Crippen LogP) is 2.18. The number of likely N-dealkylation sites (N-methyl/N-ethyl adjacent to an activating group) is 1. The number of carbonyl (C=O) groups excluding carboxylic acids is 1. The standard InChI is InChI=1S/C17H21F3N2O2/c1-21-7-6-15-14(11-21)22(8-9-24-15)16(23)10-12-4-2-3-5-13(12)17(18,19)20/h2-5,14-15H,6-11H2,1H3/t14-,15-/m1/s1. The number of alkyl halides is 3. The highest BCUT2D eigenvalue weighted by Crippen LogP contribution is 2.32. The van der Waals surface area contributed by atoms with Crippen LogP contribution in [0.25, 0.3) is 0 Å². The van der Waals surface area contributed by atoms with Crippen molar-refractivity contribution in [3.05, 3.63) is 35.4 Å². The van der Waals surface area contributed by atoms with Crippen molar-refractivity contribution >= 4 is 5.91 Å². The monoisotopic (exact) mass is 342 g/mol. The lowest BCUT2D eigenvalue weighted by Gasteiger charge is -2.46. The fourth-order valence-corrected chi connectivity index (χ4v) is 3.56. The molecule has 132 valence electrons. The van der Waals surface area contributed by atoms with Crippen LogP contribution in [0.4, 0.5) is 13.2 Å². The maximum atomic E-state index is 13.1. The Morgan fingerprint density at radius 1 is 1.29 bits per heavy atom. The van der Waals surface area contributed by atoms with Crippen molar-refractivity contribution in [2.45, 2.75) is 31.2 Å². The Hall–Kier alpha value is -1.60. The van der Waals surface area contributed by atoms with Gasteiger partial charge in [-0.05, 0) is 25.1 Å². The molecular weight excluding hydrogens is 321 g/mol. The molecule has 0 saturated carbocycles. The number of morpholine rings is 1. The van der Waals surface area contributed by atoms with Crippen LogP contribution in [-0.2, 0) is 22.1 Å². The topological polar surface area (TPSA) is 32.8 Å². The normalized spacial score (nSPS) is 25.4. The highest BCUT2D eigenvalue weighted by molar-refractivity contribution is 5.79. The van der Waals surface area contributed by atoms with Crippen LogP contribution in [0.1, 0.15) is 17.5 Å². The molecule has 2 fully saturated rings. The van der Waals surface area contributed by atoms with Crippen molar-refractivity contribution in [1.82, 2.24) is 9.80 Å². The van der Waals surface area contributed by atoms with E-state index in [4.69, 9.17) is 4.74 Å². The zero-order valence-corrected chi connectivity index (χ0v) is 13.6. The smallest absolute Gasteiger partial charge is 0.374 e. The number of nitrogens with zero attached hydrogens (tertiary/aromatic N) is 2. The van der Waals surface area contributed by atoms with Gasteiger partial charge in [0.1, 0.15) is 0 Å². The molecule has 0 bridgehead atoms. The fourth-order valence-electron chi connectivity index (χ4n) is 3.56. The number of hydrogen-bond acceptors (Lipinski definition) is 3. The van der Waals surface area contributed by atoms with Crippen molar-refractivity contribution < 1.29 is 22.7 Å². The molecule has 0 aliphatic carbocycles. The van der Waals surface area contributed by atoms with Crippen molar-refractivity contribution in [3.63, 3.8) is 0 Å². The van der Waals surface area contributed by atoms with Gasteiger partial charge in [-0.1, -0.05) is 18.2 Å². The molecule has 0 N–H and O–H groups in total. The van der Waals surface area contributed by atoms with Gasteiger partial charge in [0.15, 0.2) is 0 Å². The van der Waals surface area contributed by atoms with Crippen LogP contribution >= 0.6 is 0 Å². The summed E-state index contributed by atoms with van der Waals surface area (Å²) in [5.74, 6) is -0.264. The number of amides is 1. The SMILES string of the molecule is CN1CC[C@H]2OCCN(C(=O)Cc3ccccc3C(F)(F)F)[C@@H]2C1. The average molecular weight is 342 g/mol. The molecule has 24 heavy (non-hydrogen) atoms. The summed E-state index contributed by atoms with van der Waals surface area (Å²) in [6.45, 7) is 2.47. The van der Waals surface area contributed by atoms with Crippen molar-refractivity contribution in [2.24, 2.45) is 0 Å². The van der Waals surface area contributed by atoms with E-state index in [9.17, 15) is 18.0 Å². The second-order valence-electron chi connectivity index (χ2n) is 6.45. The molecule has 2 saturated heterocycles. The second kappa shape index (κ2) is 6.72. The van der Waals surface area contributed by atoms with Gasteiger partial charge in [-0.3, -0.25) is 4.79 Å². The molecular formula is C17H21F3N2O2. The van der Waals surface area contributed by atoms with Crippen molar-refractivity contribution in [3.8, 4) is 0 Å². The molecule has 2 aliphatic rings. The Morgan fingerprint density at radius 2 is 2.04 bits per heavy atom. The van der Waals surface area contributed by atoms with E-state index in [1.165, 1.54) is 18.2 Å². The first-order valence-corrected chi connectivity index (χ1v) is 8.11. The van der Waals surface area contributed by atoms with E-state index in [0.717, 1.165) is 19.0 Å². The van der Waals surface area contributed by atoms with E-state index in [-0.39, 0.29) is 30.0 Å². The molecule has 1 aromatic carbocycles. The van der Waals surface area contributed by atoms with Crippen molar-refractivity contribution in [2.75, 3.05) is 33.3 Å². The molecule has 2 aliphatic heterocycles. The number of ether oxygens (including phenoxy) is 1. The van der Waals surface area contributed by atoms with Crippen LogP contribution in [-0.4, -0.2) is 61.1 Å². The minimum absolute atomic E-state index is 0.0169. The van der Waals surface area contributed by atoms with Gasteiger partial charge in [0.25, 0.3) is 0 Å². The Balaban J connectivity index is 1.77. The third-order valence-electron chi connectivity index (χ3n) is 4.77. The van der Waals surface area contributed by atoms with Gasteiger partial charge >= 0.3 is 6.18 Å². The predicted molar refractivity (Wildman–Crippen MR) is 82.5 cm³/mol. The Morgan fingerprint density at radius 3 is 2.79 bits per heavy atom. The molecule has 0 unspecified atom stereocenters. The summed E-state index contributed by atoms with van der Waals surface area (Å²) in [7, 11) is 1.98. The second-order valence-corrected chi connectivity index (χ2v) is 6.45. The number of halogens is 3. The third kappa shape index (κ3) is 3.57. The number of likely N-dealkylation sites (tertiary alicyclic amines) is 1. The van der Waals surface area contributed by atoms with Crippen LogP contribution in [0, 0.1) is 0 Å². The zero-order valence-electron chi connectivity index (χ0n) is 13.6. The summed E-state index contributed by atoms with van der Waals surface area (Å²) in [4.78, 5) is 16.5. The van der Waals surface area contributed by atoms with E-state index in [2.05, 4.69) is 4.90 Å². The molecule has 0 spiro atoms. The third-order valence-corrected chi connectivity index (χ3v) is 4.77. The number of hydrogen-bond donors (Lipinski definition) is 0. The van der Waals surface area contributed by atoms with Gasteiger partial charge in [-0.2, -0.15) is 13.2 Å². The fraction of sp³-hybridized carbons (Fsp3) is 0.588. The van der Waals surface area contributed by atoms with Crippen LogP contribution in [0.2, 0.25) is 0 Å². The van der Waals surface area contributed by atoms with E-state index in [0.29, 0.717) is 19.7 Å². The first-order valence-electron chi connectivity index (χ1n) is 8.11. The van der Waals surface area contributed by atoms with Gasteiger partial charge in [0.05, 0.1) is 30.7 Å². The average Bonchev–Trinajstić information content (AvgIpc) is 2.53.